The third-order valence-corrected chi connectivity index (χ3v) is 6.49. The van der Waals surface area contributed by atoms with E-state index in [1.54, 1.807) is 22.8 Å². The minimum Gasteiger partial charge on any atom is -0.493 e. The molecule has 2 aliphatic rings. The molecule has 0 aliphatic carbocycles. The van der Waals surface area contributed by atoms with Gasteiger partial charge in [0.25, 0.3) is 5.56 Å². The number of hydrogen-bond donors (Lipinski definition) is 1. The highest BCUT2D eigenvalue weighted by atomic mass is 16.7. The third-order valence-electron chi connectivity index (χ3n) is 6.49. The van der Waals surface area contributed by atoms with E-state index in [4.69, 9.17) is 34.2 Å². The number of aromatic nitrogens is 1. The van der Waals surface area contributed by atoms with Crippen molar-refractivity contribution >= 4 is 0 Å². The molecule has 3 heterocycles. The van der Waals surface area contributed by atoms with E-state index in [9.17, 15) is 10.1 Å². The number of fused-ring (bicyclic) bond motifs is 2. The molecule has 0 bridgehead atoms. The van der Waals surface area contributed by atoms with Crippen LogP contribution < -0.4 is 39.7 Å². The number of pyridine rings is 1. The summed E-state index contributed by atoms with van der Waals surface area (Å²) in [5.74, 6) is 1.85. The Morgan fingerprint density at radius 2 is 1.73 bits per heavy atom. The Labute approximate surface area is 212 Å². The number of nitriles is 1. The van der Waals surface area contributed by atoms with Crippen molar-refractivity contribution in [3.63, 3.8) is 0 Å². The largest absolute Gasteiger partial charge is 0.493 e. The zero-order valence-electron chi connectivity index (χ0n) is 20.8. The summed E-state index contributed by atoms with van der Waals surface area (Å²) >= 11 is 0. The summed E-state index contributed by atoms with van der Waals surface area (Å²) < 4.78 is 34.7. The Morgan fingerprint density at radius 1 is 1.03 bits per heavy atom. The minimum atomic E-state index is -0.821. The van der Waals surface area contributed by atoms with Gasteiger partial charge in [-0.25, -0.2) is 0 Å². The van der Waals surface area contributed by atoms with Crippen molar-refractivity contribution in [3.05, 3.63) is 80.6 Å². The van der Waals surface area contributed by atoms with Gasteiger partial charge in [0, 0.05) is 11.8 Å². The van der Waals surface area contributed by atoms with Crippen molar-refractivity contribution in [2.75, 3.05) is 28.1 Å². The van der Waals surface area contributed by atoms with Crippen molar-refractivity contribution in [2.24, 2.45) is 5.73 Å². The van der Waals surface area contributed by atoms with E-state index in [0.29, 0.717) is 45.8 Å². The lowest BCUT2D eigenvalue weighted by molar-refractivity contribution is 0.174. The highest BCUT2D eigenvalue weighted by Gasteiger charge is 2.35. The number of allylic oxidation sites excluding steroid dienone is 1. The van der Waals surface area contributed by atoms with Crippen molar-refractivity contribution in [1.82, 2.24) is 4.57 Å². The molecule has 1 unspecified atom stereocenters. The highest BCUT2D eigenvalue weighted by molar-refractivity contribution is 5.61. The smallest absolute Gasteiger partial charge is 0.259 e. The number of ether oxygens (including phenoxy) is 6. The Morgan fingerprint density at radius 3 is 2.38 bits per heavy atom. The molecule has 1 atom stereocenters. The number of nitrogens with zero attached hydrogens (tertiary/aromatic N) is 2. The second-order valence-electron chi connectivity index (χ2n) is 8.53. The van der Waals surface area contributed by atoms with Gasteiger partial charge in [-0.15, -0.1) is 0 Å². The van der Waals surface area contributed by atoms with Crippen molar-refractivity contribution in [2.45, 2.75) is 19.4 Å². The second kappa shape index (κ2) is 9.35. The maximum Gasteiger partial charge on any atom is 0.259 e. The molecule has 2 aliphatic heterocycles. The van der Waals surface area contributed by atoms with Crippen molar-refractivity contribution in [1.29, 1.82) is 5.26 Å². The zero-order valence-corrected chi connectivity index (χ0v) is 20.8. The van der Waals surface area contributed by atoms with Crippen LogP contribution in [0.25, 0.3) is 0 Å². The molecule has 0 amide bonds. The standard InChI is InChI=1S/C27H25N3O7/c1-14-7-20-24(27(31)30(14)12-15-5-6-18-19(8-15)36-13-35-18)23(17(11-28)26(29)37-20)16-9-21(32-2)25(34-4)22(10-16)33-3/h5-10,23H,12-13,29H2,1-4H3. The molecule has 37 heavy (non-hydrogen) atoms. The van der Waals surface area contributed by atoms with E-state index >= 15 is 0 Å². The molecule has 190 valence electrons. The van der Waals surface area contributed by atoms with Crippen LogP contribution in [0.15, 0.2) is 52.6 Å². The van der Waals surface area contributed by atoms with Crippen LogP contribution >= 0.6 is 0 Å². The van der Waals surface area contributed by atoms with Crippen LogP contribution in [0.4, 0.5) is 0 Å². The number of aryl methyl sites for hydroxylation is 1. The first kappa shape index (κ1) is 23.9. The molecular weight excluding hydrogens is 478 g/mol. The maximum absolute atomic E-state index is 14.0. The zero-order chi connectivity index (χ0) is 26.3. The van der Waals surface area contributed by atoms with Gasteiger partial charge in [-0.1, -0.05) is 6.07 Å². The number of rotatable bonds is 6. The first-order valence-corrected chi connectivity index (χ1v) is 11.4. The lowest BCUT2D eigenvalue weighted by Crippen LogP contribution is -2.33. The van der Waals surface area contributed by atoms with E-state index in [1.165, 1.54) is 21.3 Å². The molecule has 0 saturated carbocycles. The van der Waals surface area contributed by atoms with Crippen molar-refractivity contribution in [3.8, 4) is 40.6 Å². The quantitative estimate of drug-likeness (QED) is 0.539. The summed E-state index contributed by atoms with van der Waals surface area (Å²) in [4.78, 5) is 14.0. The molecule has 5 rings (SSSR count). The van der Waals surface area contributed by atoms with Crippen molar-refractivity contribution < 1.29 is 28.4 Å². The van der Waals surface area contributed by atoms with Gasteiger partial charge in [-0.05, 0) is 42.3 Å². The minimum absolute atomic E-state index is 0.0685. The number of methoxy groups -OCH3 is 3. The van der Waals surface area contributed by atoms with Gasteiger partial charge in [-0.2, -0.15) is 5.26 Å². The average Bonchev–Trinajstić information content (AvgIpc) is 3.37. The third kappa shape index (κ3) is 3.94. The monoisotopic (exact) mass is 503 g/mol. The molecular formula is C27H25N3O7. The summed E-state index contributed by atoms with van der Waals surface area (Å²) in [6.45, 7) is 2.25. The van der Waals surface area contributed by atoms with E-state index in [0.717, 1.165) is 5.56 Å². The first-order valence-electron chi connectivity index (χ1n) is 11.4. The Balaban J connectivity index is 1.69. The normalized spacial score (nSPS) is 15.5. The highest BCUT2D eigenvalue weighted by Crippen LogP contribution is 2.46. The van der Waals surface area contributed by atoms with Gasteiger partial charge in [-0.3, -0.25) is 4.79 Å². The molecule has 0 fully saturated rings. The fourth-order valence-electron chi connectivity index (χ4n) is 4.71. The number of benzene rings is 2. The van der Waals surface area contributed by atoms with E-state index in [-0.39, 0.29) is 35.9 Å². The summed E-state index contributed by atoms with van der Waals surface area (Å²) in [5.41, 5.74) is 8.32. The summed E-state index contributed by atoms with van der Waals surface area (Å²) in [5, 5.41) is 10.0. The Kier molecular flexibility index (Phi) is 6.05. The number of hydrogen-bond acceptors (Lipinski definition) is 9. The molecule has 10 nitrogen and oxygen atoms in total. The first-order chi connectivity index (χ1) is 17.9. The maximum atomic E-state index is 14.0. The van der Waals surface area contributed by atoms with Gasteiger partial charge < -0.3 is 38.7 Å². The van der Waals surface area contributed by atoms with Gasteiger partial charge in [0.1, 0.15) is 17.4 Å². The molecule has 0 radical (unpaired) electrons. The van der Waals surface area contributed by atoms with E-state index in [1.807, 2.05) is 25.1 Å². The summed E-state index contributed by atoms with van der Waals surface area (Å²) in [7, 11) is 4.49. The van der Waals surface area contributed by atoms with Crippen LogP contribution in [0, 0.1) is 18.3 Å². The molecule has 3 aromatic rings. The van der Waals surface area contributed by atoms with E-state index < -0.39 is 5.92 Å². The lowest BCUT2D eigenvalue weighted by atomic mass is 9.83. The van der Waals surface area contributed by atoms with Gasteiger partial charge in [0.2, 0.25) is 18.4 Å². The molecule has 1 aromatic heterocycles. The van der Waals surface area contributed by atoms with Crippen LogP contribution in [-0.2, 0) is 6.54 Å². The van der Waals surface area contributed by atoms with Gasteiger partial charge in [0.15, 0.2) is 23.0 Å². The van der Waals surface area contributed by atoms with Crippen LogP contribution in [0.5, 0.6) is 34.5 Å². The van der Waals surface area contributed by atoms with Crippen LogP contribution in [0.1, 0.15) is 28.3 Å². The fourth-order valence-corrected chi connectivity index (χ4v) is 4.71. The predicted octanol–water partition coefficient (Wildman–Crippen LogP) is 3.18. The molecule has 10 heteroatoms. The fraction of sp³-hybridized carbons (Fsp3) is 0.259. The van der Waals surface area contributed by atoms with Gasteiger partial charge >= 0.3 is 0 Å². The van der Waals surface area contributed by atoms with Crippen LogP contribution in [0.2, 0.25) is 0 Å². The summed E-state index contributed by atoms with van der Waals surface area (Å²) in [6.07, 6.45) is 0. The SMILES string of the molecule is COc1cc(C2C(C#N)=C(N)Oc3cc(C)n(Cc4ccc5c(c4)OCO5)c(=O)c32)cc(OC)c1OC. The molecule has 2 aromatic carbocycles. The topological polar surface area (TPSA) is 127 Å². The predicted molar refractivity (Wildman–Crippen MR) is 133 cm³/mol. The lowest BCUT2D eigenvalue weighted by Gasteiger charge is -2.28. The Hall–Kier alpha value is -4.78. The second-order valence-corrected chi connectivity index (χ2v) is 8.53. The average molecular weight is 504 g/mol. The van der Waals surface area contributed by atoms with Gasteiger partial charge in [0.05, 0.1) is 39.4 Å². The Bertz CT molecular complexity index is 1510. The molecule has 2 N–H and O–H groups in total. The van der Waals surface area contributed by atoms with E-state index in [2.05, 4.69) is 6.07 Å². The summed E-state index contributed by atoms with van der Waals surface area (Å²) in [6, 6.07) is 12.8. The van der Waals surface area contributed by atoms with Crippen LogP contribution in [0.3, 0.4) is 0 Å². The molecule has 0 spiro atoms. The molecule has 0 saturated heterocycles. The van der Waals surface area contributed by atoms with Crippen LogP contribution in [-0.4, -0.2) is 32.7 Å². The number of nitrogens with two attached hydrogens (primary N) is 1.